The van der Waals surface area contributed by atoms with Crippen molar-refractivity contribution in [3.05, 3.63) is 12.7 Å². The van der Waals surface area contributed by atoms with E-state index in [0.717, 1.165) is 12.8 Å². The fourth-order valence-electron chi connectivity index (χ4n) is 1.35. The molecule has 1 rings (SSSR count). The van der Waals surface area contributed by atoms with Crippen LogP contribution in [0.2, 0.25) is 0 Å². The van der Waals surface area contributed by atoms with E-state index in [9.17, 15) is 8.42 Å². The van der Waals surface area contributed by atoms with Crippen LogP contribution in [0.15, 0.2) is 12.7 Å². The van der Waals surface area contributed by atoms with Gasteiger partial charge in [-0.1, -0.05) is 6.08 Å². The lowest BCUT2D eigenvalue weighted by Crippen LogP contribution is -2.34. The number of allylic oxidation sites excluding steroid dienone is 1. The van der Waals surface area contributed by atoms with Crippen molar-refractivity contribution in [3.8, 4) is 0 Å². The highest BCUT2D eigenvalue weighted by atomic mass is 32.2. The number of sulfonamides is 1. The summed E-state index contributed by atoms with van der Waals surface area (Å²) in [6, 6.07) is 0.220. The molecule has 0 aromatic heterocycles. The van der Waals surface area contributed by atoms with Crippen LogP contribution in [0, 0.1) is 0 Å². The predicted octanol–water partition coefficient (Wildman–Crippen LogP) is 1.77. The molecule has 0 saturated carbocycles. The molecule has 1 heterocycles. The minimum atomic E-state index is -3.08. The Kier molecular flexibility index (Phi) is 3.07. The molecular formula is C10H19NO2S. The molecule has 0 aromatic rings. The second-order valence-corrected chi connectivity index (χ2v) is 7.35. The second-order valence-electron chi connectivity index (χ2n) is 4.71. The van der Waals surface area contributed by atoms with Gasteiger partial charge in [-0.2, -0.15) is 4.31 Å². The Bertz CT molecular complexity index is 314. The zero-order valence-corrected chi connectivity index (χ0v) is 9.97. The Balaban J connectivity index is 2.59. The van der Waals surface area contributed by atoms with Crippen molar-refractivity contribution in [2.24, 2.45) is 0 Å². The summed E-state index contributed by atoms with van der Waals surface area (Å²) in [5.41, 5.74) is 0. The average Bonchev–Trinajstić information content (AvgIpc) is 2.77. The van der Waals surface area contributed by atoms with Crippen LogP contribution < -0.4 is 0 Å². The van der Waals surface area contributed by atoms with Gasteiger partial charge >= 0.3 is 0 Å². The third-order valence-corrected chi connectivity index (χ3v) is 5.06. The van der Waals surface area contributed by atoms with Crippen LogP contribution >= 0.6 is 0 Å². The molecule has 0 radical (unpaired) electrons. The first-order valence-corrected chi connectivity index (χ1v) is 6.37. The van der Waals surface area contributed by atoms with Crippen LogP contribution in [0.3, 0.4) is 0 Å². The van der Waals surface area contributed by atoms with Gasteiger partial charge in [0.2, 0.25) is 10.0 Å². The highest BCUT2D eigenvalue weighted by Crippen LogP contribution is 2.33. The van der Waals surface area contributed by atoms with Gasteiger partial charge in [-0.05, 0) is 33.6 Å². The van der Waals surface area contributed by atoms with E-state index in [2.05, 4.69) is 6.58 Å². The SMILES string of the molecule is C=CCCC1CN1S(=O)(=O)C(C)(C)C. The van der Waals surface area contributed by atoms with Gasteiger partial charge in [-0.25, -0.2) is 8.42 Å². The zero-order chi connectivity index (χ0) is 11.0. The van der Waals surface area contributed by atoms with Gasteiger partial charge in [0.1, 0.15) is 0 Å². The Hall–Kier alpha value is -0.350. The van der Waals surface area contributed by atoms with E-state index in [1.54, 1.807) is 25.1 Å². The van der Waals surface area contributed by atoms with E-state index >= 15 is 0 Å². The lowest BCUT2D eigenvalue weighted by molar-refractivity contribution is 0.512. The zero-order valence-electron chi connectivity index (χ0n) is 9.16. The highest BCUT2D eigenvalue weighted by Gasteiger charge is 2.48. The monoisotopic (exact) mass is 217 g/mol. The normalized spacial score (nSPS) is 27.4. The molecule has 1 aliphatic heterocycles. The molecule has 0 aromatic carbocycles. The van der Waals surface area contributed by atoms with Gasteiger partial charge in [0.05, 0.1) is 4.75 Å². The summed E-state index contributed by atoms with van der Waals surface area (Å²) < 4.78 is 24.7. The van der Waals surface area contributed by atoms with Crippen molar-refractivity contribution in [1.29, 1.82) is 0 Å². The molecule has 2 unspecified atom stereocenters. The molecule has 3 nitrogen and oxygen atoms in total. The van der Waals surface area contributed by atoms with Crippen molar-refractivity contribution in [1.82, 2.24) is 4.31 Å². The van der Waals surface area contributed by atoms with E-state index in [1.165, 1.54) is 0 Å². The molecule has 1 aliphatic rings. The van der Waals surface area contributed by atoms with Gasteiger partial charge in [-0.15, -0.1) is 6.58 Å². The molecule has 82 valence electrons. The Morgan fingerprint density at radius 2 is 2.07 bits per heavy atom. The van der Waals surface area contributed by atoms with E-state index in [-0.39, 0.29) is 6.04 Å². The lowest BCUT2D eigenvalue weighted by atomic mass is 10.2. The summed E-state index contributed by atoms with van der Waals surface area (Å²) in [4.78, 5) is 0. The van der Waals surface area contributed by atoms with Crippen LogP contribution in [0.5, 0.6) is 0 Å². The molecule has 4 heteroatoms. The van der Waals surface area contributed by atoms with Gasteiger partial charge in [0.25, 0.3) is 0 Å². The van der Waals surface area contributed by atoms with E-state index < -0.39 is 14.8 Å². The van der Waals surface area contributed by atoms with Gasteiger partial charge in [0, 0.05) is 12.6 Å². The number of nitrogens with zero attached hydrogens (tertiary/aromatic N) is 1. The van der Waals surface area contributed by atoms with Gasteiger partial charge < -0.3 is 0 Å². The van der Waals surface area contributed by atoms with Crippen LogP contribution in [-0.4, -0.2) is 30.1 Å². The fraction of sp³-hybridized carbons (Fsp3) is 0.800. The maximum absolute atomic E-state index is 11.9. The summed E-state index contributed by atoms with van der Waals surface area (Å²) in [6.07, 6.45) is 3.62. The smallest absolute Gasteiger partial charge is 0.212 e. The molecule has 14 heavy (non-hydrogen) atoms. The topological polar surface area (TPSA) is 37.1 Å². The highest BCUT2D eigenvalue weighted by molar-refractivity contribution is 7.90. The van der Waals surface area contributed by atoms with Crippen molar-refractivity contribution in [2.45, 2.75) is 44.4 Å². The standard InChI is InChI=1S/C10H19NO2S/c1-5-6-7-9-8-11(9)14(12,13)10(2,3)4/h5,9H,1,6-8H2,2-4H3. The minimum absolute atomic E-state index is 0.220. The first kappa shape index (κ1) is 11.7. The Labute approximate surface area is 86.8 Å². The molecule has 0 spiro atoms. The van der Waals surface area contributed by atoms with Gasteiger partial charge in [-0.3, -0.25) is 0 Å². The van der Waals surface area contributed by atoms with Crippen molar-refractivity contribution >= 4 is 10.0 Å². The van der Waals surface area contributed by atoms with Crippen LogP contribution in [-0.2, 0) is 10.0 Å². The number of hydrogen-bond donors (Lipinski definition) is 0. The molecular weight excluding hydrogens is 198 g/mol. The largest absolute Gasteiger partial charge is 0.219 e. The van der Waals surface area contributed by atoms with E-state index in [1.807, 2.05) is 6.08 Å². The maximum Gasteiger partial charge on any atom is 0.219 e. The molecule has 0 amide bonds. The number of rotatable bonds is 4. The van der Waals surface area contributed by atoms with E-state index in [4.69, 9.17) is 0 Å². The molecule has 0 bridgehead atoms. The fourth-order valence-corrected chi connectivity index (χ4v) is 2.92. The first-order chi connectivity index (χ1) is 6.30. The summed E-state index contributed by atoms with van der Waals surface area (Å²) in [6.45, 7) is 9.54. The molecule has 1 fully saturated rings. The Morgan fingerprint density at radius 3 is 2.50 bits per heavy atom. The summed E-state index contributed by atoms with van der Waals surface area (Å²) >= 11 is 0. The average molecular weight is 217 g/mol. The summed E-state index contributed by atoms with van der Waals surface area (Å²) in [5.74, 6) is 0. The Morgan fingerprint density at radius 1 is 1.50 bits per heavy atom. The molecule has 1 saturated heterocycles. The van der Waals surface area contributed by atoms with Crippen LogP contribution in [0.25, 0.3) is 0 Å². The third-order valence-electron chi connectivity index (χ3n) is 2.45. The van der Waals surface area contributed by atoms with Crippen LogP contribution in [0.1, 0.15) is 33.6 Å². The lowest BCUT2D eigenvalue weighted by Gasteiger charge is -2.20. The van der Waals surface area contributed by atoms with Gasteiger partial charge in [0.15, 0.2) is 0 Å². The van der Waals surface area contributed by atoms with Crippen molar-refractivity contribution < 1.29 is 8.42 Å². The minimum Gasteiger partial charge on any atom is -0.212 e. The molecule has 2 atom stereocenters. The van der Waals surface area contributed by atoms with Crippen molar-refractivity contribution in [2.75, 3.05) is 6.54 Å². The number of hydrogen-bond acceptors (Lipinski definition) is 2. The predicted molar refractivity (Wildman–Crippen MR) is 58.6 cm³/mol. The molecule has 0 N–H and O–H groups in total. The second kappa shape index (κ2) is 3.66. The summed E-state index contributed by atoms with van der Waals surface area (Å²) in [5, 5.41) is 0. The molecule has 0 aliphatic carbocycles. The summed E-state index contributed by atoms with van der Waals surface area (Å²) in [7, 11) is -3.08. The van der Waals surface area contributed by atoms with E-state index in [0.29, 0.717) is 6.54 Å². The first-order valence-electron chi connectivity index (χ1n) is 4.93. The quantitative estimate of drug-likeness (QED) is 0.531. The maximum atomic E-state index is 11.9. The van der Waals surface area contributed by atoms with Crippen molar-refractivity contribution in [3.63, 3.8) is 0 Å². The van der Waals surface area contributed by atoms with Crippen LogP contribution in [0.4, 0.5) is 0 Å². The third kappa shape index (κ3) is 2.17.